The lowest BCUT2D eigenvalue weighted by Gasteiger charge is -2.11. The van der Waals surface area contributed by atoms with Gasteiger partial charge < -0.3 is 9.73 Å². The molecule has 22 heavy (non-hydrogen) atoms. The molecule has 2 aromatic rings. The summed E-state index contributed by atoms with van der Waals surface area (Å²) in [6, 6.07) is 4.01. The molecule has 116 valence electrons. The highest BCUT2D eigenvalue weighted by Crippen LogP contribution is 2.20. The summed E-state index contributed by atoms with van der Waals surface area (Å²) in [6.07, 6.45) is 4.06. The van der Waals surface area contributed by atoms with Crippen LogP contribution in [-0.4, -0.2) is 21.4 Å². The molecule has 0 aliphatic heterocycles. The number of nitro groups is 1. The van der Waals surface area contributed by atoms with Crippen LogP contribution in [0.3, 0.4) is 0 Å². The lowest BCUT2D eigenvalue weighted by atomic mass is 10.2. The average Bonchev–Trinajstić information content (AvgIpc) is 3.07. The van der Waals surface area contributed by atoms with Crippen molar-refractivity contribution in [2.75, 3.05) is 0 Å². The number of benzene rings is 1. The van der Waals surface area contributed by atoms with Gasteiger partial charge in [-0.15, -0.1) is 0 Å². The van der Waals surface area contributed by atoms with Gasteiger partial charge >= 0.3 is 5.76 Å². The van der Waals surface area contributed by atoms with E-state index in [1.807, 2.05) is 0 Å². The first-order chi connectivity index (χ1) is 10.5. The number of nitro benzene ring substituents is 1. The fraction of sp³-hybridized carbons (Fsp3) is 0.429. The number of hydrogen-bond donors (Lipinski definition) is 1. The second-order valence-electron chi connectivity index (χ2n) is 5.41. The van der Waals surface area contributed by atoms with Crippen molar-refractivity contribution in [3.63, 3.8) is 0 Å². The molecule has 1 fully saturated rings. The monoisotopic (exact) mass is 305 g/mol. The van der Waals surface area contributed by atoms with E-state index in [1.54, 1.807) is 0 Å². The Kier molecular flexibility index (Phi) is 3.66. The number of oxazole rings is 1. The maximum Gasteiger partial charge on any atom is 0.420 e. The highest BCUT2D eigenvalue weighted by molar-refractivity contribution is 5.80. The smallest absolute Gasteiger partial charge is 0.408 e. The zero-order valence-electron chi connectivity index (χ0n) is 11.8. The van der Waals surface area contributed by atoms with Crippen molar-refractivity contribution < 1.29 is 14.1 Å². The third-order valence-electron chi connectivity index (χ3n) is 3.88. The van der Waals surface area contributed by atoms with Gasteiger partial charge in [0.1, 0.15) is 6.54 Å². The van der Waals surface area contributed by atoms with Crippen molar-refractivity contribution in [1.29, 1.82) is 0 Å². The van der Waals surface area contributed by atoms with Gasteiger partial charge in [0, 0.05) is 18.2 Å². The third-order valence-corrected chi connectivity index (χ3v) is 3.88. The minimum absolute atomic E-state index is 0.149. The molecule has 3 rings (SSSR count). The minimum atomic E-state index is -0.697. The van der Waals surface area contributed by atoms with E-state index in [1.165, 1.54) is 18.2 Å². The highest BCUT2D eigenvalue weighted by atomic mass is 16.6. The maximum absolute atomic E-state index is 12.0. The van der Waals surface area contributed by atoms with Crippen LogP contribution in [0.4, 0.5) is 5.69 Å². The van der Waals surface area contributed by atoms with Crippen LogP contribution < -0.4 is 11.1 Å². The Balaban J connectivity index is 1.87. The summed E-state index contributed by atoms with van der Waals surface area (Å²) in [5.41, 5.74) is 0.322. The summed E-state index contributed by atoms with van der Waals surface area (Å²) in [7, 11) is 0. The Morgan fingerprint density at radius 3 is 2.82 bits per heavy atom. The number of nitrogens with zero attached hydrogens (tertiary/aromatic N) is 2. The average molecular weight is 305 g/mol. The molecule has 0 unspecified atom stereocenters. The topological polar surface area (TPSA) is 107 Å². The summed E-state index contributed by atoms with van der Waals surface area (Å²) in [6.45, 7) is -0.205. The molecule has 8 nitrogen and oxygen atoms in total. The van der Waals surface area contributed by atoms with Gasteiger partial charge in [-0.05, 0) is 18.9 Å². The molecule has 0 atom stereocenters. The molecular weight excluding hydrogens is 290 g/mol. The van der Waals surface area contributed by atoms with Gasteiger partial charge in [-0.25, -0.2) is 4.79 Å². The highest BCUT2D eigenvalue weighted by Gasteiger charge is 2.20. The number of non-ortho nitro benzene ring substituents is 1. The molecule has 1 heterocycles. The van der Waals surface area contributed by atoms with E-state index in [-0.39, 0.29) is 35.3 Å². The van der Waals surface area contributed by atoms with Crippen LogP contribution in [0.2, 0.25) is 0 Å². The summed E-state index contributed by atoms with van der Waals surface area (Å²) in [4.78, 5) is 34.1. The zero-order valence-corrected chi connectivity index (χ0v) is 11.8. The van der Waals surface area contributed by atoms with Crippen LogP contribution in [0, 0.1) is 10.1 Å². The normalized spacial score (nSPS) is 15.3. The van der Waals surface area contributed by atoms with E-state index < -0.39 is 10.7 Å². The first-order valence-electron chi connectivity index (χ1n) is 7.12. The van der Waals surface area contributed by atoms with Gasteiger partial charge in [-0.1, -0.05) is 12.8 Å². The van der Waals surface area contributed by atoms with Crippen molar-refractivity contribution in [2.24, 2.45) is 0 Å². The van der Waals surface area contributed by atoms with E-state index >= 15 is 0 Å². The zero-order chi connectivity index (χ0) is 15.7. The first-order valence-corrected chi connectivity index (χ1v) is 7.12. The Morgan fingerprint density at radius 2 is 2.14 bits per heavy atom. The van der Waals surface area contributed by atoms with Crippen LogP contribution >= 0.6 is 0 Å². The van der Waals surface area contributed by atoms with Crippen molar-refractivity contribution in [3.8, 4) is 0 Å². The van der Waals surface area contributed by atoms with Crippen molar-refractivity contribution in [3.05, 3.63) is 38.9 Å². The molecular formula is C14H15N3O5. The van der Waals surface area contributed by atoms with E-state index in [0.717, 1.165) is 30.3 Å². The Labute approximate surface area is 124 Å². The number of carbonyl (C=O) groups is 1. The molecule has 0 radical (unpaired) electrons. The van der Waals surface area contributed by atoms with Crippen LogP contribution in [0.25, 0.3) is 11.1 Å². The van der Waals surface area contributed by atoms with Gasteiger partial charge in [-0.3, -0.25) is 19.5 Å². The number of hydrogen-bond acceptors (Lipinski definition) is 5. The van der Waals surface area contributed by atoms with Gasteiger partial charge in [0.05, 0.1) is 10.4 Å². The predicted molar refractivity (Wildman–Crippen MR) is 77.5 cm³/mol. The molecule has 1 aliphatic rings. The number of amides is 1. The molecule has 1 aliphatic carbocycles. The number of carbonyl (C=O) groups excluding carboxylic acids is 1. The predicted octanol–water partition coefficient (Wildman–Crippen LogP) is 1.56. The quantitative estimate of drug-likeness (QED) is 0.681. The molecule has 1 saturated carbocycles. The Morgan fingerprint density at radius 1 is 1.41 bits per heavy atom. The molecule has 0 spiro atoms. The number of nitrogens with one attached hydrogen (secondary N) is 1. The summed E-state index contributed by atoms with van der Waals surface area (Å²) in [5, 5.41) is 13.7. The van der Waals surface area contributed by atoms with Crippen LogP contribution in [0.1, 0.15) is 25.7 Å². The molecule has 1 N–H and O–H groups in total. The number of aromatic nitrogens is 1. The SMILES string of the molecule is O=C(Cn1c(=O)oc2ccc([N+](=O)[O-])cc21)NC1CCCC1. The lowest BCUT2D eigenvalue weighted by molar-refractivity contribution is -0.384. The minimum Gasteiger partial charge on any atom is -0.408 e. The Hall–Kier alpha value is -2.64. The molecule has 1 aromatic heterocycles. The van der Waals surface area contributed by atoms with Crippen LogP contribution in [-0.2, 0) is 11.3 Å². The summed E-state index contributed by atoms with van der Waals surface area (Å²) >= 11 is 0. The first kappa shape index (κ1) is 14.3. The summed E-state index contributed by atoms with van der Waals surface area (Å²) < 4.78 is 6.13. The fourth-order valence-corrected chi connectivity index (χ4v) is 2.80. The van der Waals surface area contributed by atoms with Gasteiger partial charge in [0.2, 0.25) is 5.91 Å². The molecule has 0 bridgehead atoms. The van der Waals surface area contributed by atoms with Crippen LogP contribution in [0.15, 0.2) is 27.4 Å². The van der Waals surface area contributed by atoms with Crippen molar-refractivity contribution in [2.45, 2.75) is 38.3 Å². The van der Waals surface area contributed by atoms with E-state index in [4.69, 9.17) is 4.42 Å². The van der Waals surface area contributed by atoms with Gasteiger partial charge in [-0.2, -0.15) is 0 Å². The van der Waals surface area contributed by atoms with E-state index in [9.17, 15) is 19.7 Å². The van der Waals surface area contributed by atoms with Gasteiger partial charge in [0.25, 0.3) is 5.69 Å². The van der Waals surface area contributed by atoms with E-state index in [0.29, 0.717) is 0 Å². The standard InChI is InChI=1S/C14H15N3O5/c18-13(15-9-3-1-2-4-9)8-16-11-7-10(17(20)21)5-6-12(11)22-14(16)19/h5-7,9H,1-4,8H2,(H,15,18). The molecule has 1 aromatic carbocycles. The van der Waals surface area contributed by atoms with Crippen molar-refractivity contribution >= 4 is 22.7 Å². The molecule has 0 saturated heterocycles. The largest absolute Gasteiger partial charge is 0.420 e. The Bertz CT molecular complexity index is 785. The fourth-order valence-electron chi connectivity index (χ4n) is 2.80. The number of rotatable bonds is 4. The molecule has 8 heteroatoms. The second kappa shape index (κ2) is 5.63. The van der Waals surface area contributed by atoms with Gasteiger partial charge in [0.15, 0.2) is 5.58 Å². The molecule has 1 amide bonds. The van der Waals surface area contributed by atoms with Crippen molar-refractivity contribution in [1.82, 2.24) is 9.88 Å². The third kappa shape index (κ3) is 2.72. The maximum atomic E-state index is 12.0. The van der Waals surface area contributed by atoms with Crippen LogP contribution in [0.5, 0.6) is 0 Å². The summed E-state index contributed by atoms with van der Waals surface area (Å²) in [5.74, 6) is -0.986. The number of fused-ring (bicyclic) bond motifs is 1. The second-order valence-corrected chi connectivity index (χ2v) is 5.41. The lowest BCUT2D eigenvalue weighted by Crippen LogP contribution is -2.36. The van der Waals surface area contributed by atoms with E-state index in [2.05, 4.69) is 5.32 Å².